The number of aromatic amines is 1. The molecular formula is C18H21N5O. The molecule has 1 aromatic carbocycles. The van der Waals surface area contributed by atoms with Gasteiger partial charge in [-0.25, -0.2) is 4.98 Å². The maximum Gasteiger partial charge on any atom is 0.256 e. The van der Waals surface area contributed by atoms with E-state index in [-0.39, 0.29) is 11.9 Å². The number of carbonyl (C=O) groups excluding carboxylic acids is 1. The van der Waals surface area contributed by atoms with Crippen molar-refractivity contribution < 1.29 is 4.79 Å². The quantitative estimate of drug-likeness (QED) is 0.785. The number of amides is 1. The molecule has 1 aliphatic rings. The van der Waals surface area contributed by atoms with E-state index in [0.29, 0.717) is 6.54 Å². The number of aromatic nitrogens is 3. The largest absolute Gasteiger partial charge is 0.361 e. The lowest BCUT2D eigenvalue weighted by Gasteiger charge is -2.39. The molecule has 24 heavy (non-hydrogen) atoms. The SMILES string of the molecule is CN1CCN(C(=O)c2cccc3cc[nH]c23)C[C@H]1c1nccn1C. The van der Waals surface area contributed by atoms with Crippen LogP contribution in [0.1, 0.15) is 22.2 Å². The second-order valence-corrected chi connectivity index (χ2v) is 6.39. The molecule has 1 atom stereocenters. The van der Waals surface area contributed by atoms with Crippen LogP contribution in [0.25, 0.3) is 10.9 Å². The van der Waals surface area contributed by atoms with Crippen LogP contribution < -0.4 is 0 Å². The number of H-pyrrole nitrogens is 1. The maximum absolute atomic E-state index is 13.1. The van der Waals surface area contributed by atoms with Crippen molar-refractivity contribution in [3.63, 3.8) is 0 Å². The van der Waals surface area contributed by atoms with Gasteiger partial charge in [-0.1, -0.05) is 12.1 Å². The van der Waals surface area contributed by atoms with E-state index in [0.717, 1.165) is 35.4 Å². The van der Waals surface area contributed by atoms with E-state index in [1.54, 1.807) is 0 Å². The molecule has 1 aliphatic heterocycles. The van der Waals surface area contributed by atoms with Gasteiger partial charge in [-0.2, -0.15) is 0 Å². The van der Waals surface area contributed by atoms with Crippen molar-refractivity contribution >= 4 is 16.8 Å². The smallest absolute Gasteiger partial charge is 0.256 e. The zero-order valence-corrected chi connectivity index (χ0v) is 13.9. The Hall–Kier alpha value is -2.60. The van der Waals surface area contributed by atoms with Crippen molar-refractivity contribution in [2.75, 3.05) is 26.7 Å². The van der Waals surface area contributed by atoms with E-state index in [1.165, 1.54) is 0 Å². The summed E-state index contributed by atoms with van der Waals surface area (Å²) in [6.07, 6.45) is 5.63. The van der Waals surface area contributed by atoms with Crippen LogP contribution in [-0.2, 0) is 7.05 Å². The highest BCUT2D eigenvalue weighted by Gasteiger charge is 2.31. The number of hydrogen-bond donors (Lipinski definition) is 1. The second kappa shape index (κ2) is 5.79. The third kappa shape index (κ3) is 2.39. The molecule has 1 fully saturated rings. The predicted octanol–water partition coefficient (Wildman–Crippen LogP) is 2.03. The van der Waals surface area contributed by atoms with E-state index in [4.69, 9.17) is 0 Å². The first kappa shape index (κ1) is 15.0. The van der Waals surface area contributed by atoms with Gasteiger partial charge in [-0.05, 0) is 19.2 Å². The van der Waals surface area contributed by atoms with E-state index in [9.17, 15) is 4.79 Å². The number of likely N-dealkylation sites (N-methyl/N-ethyl adjacent to an activating group) is 1. The van der Waals surface area contributed by atoms with Gasteiger partial charge in [0.05, 0.1) is 17.1 Å². The Balaban J connectivity index is 1.63. The number of piperazine rings is 1. The van der Waals surface area contributed by atoms with Gasteiger partial charge in [0.2, 0.25) is 0 Å². The summed E-state index contributed by atoms with van der Waals surface area (Å²) in [4.78, 5) is 24.9. The van der Waals surface area contributed by atoms with Crippen molar-refractivity contribution in [1.29, 1.82) is 0 Å². The second-order valence-electron chi connectivity index (χ2n) is 6.39. The molecule has 0 bridgehead atoms. The predicted molar refractivity (Wildman–Crippen MR) is 92.8 cm³/mol. The number of hydrogen-bond acceptors (Lipinski definition) is 3. The Kier molecular flexibility index (Phi) is 3.61. The number of benzene rings is 1. The van der Waals surface area contributed by atoms with E-state index in [1.807, 2.05) is 59.4 Å². The minimum absolute atomic E-state index is 0.0790. The summed E-state index contributed by atoms with van der Waals surface area (Å²) in [5.74, 6) is 1.07. The first-order chi connectivity index (χ1) is 11.6. The normalized spacial score (nSPS) is 19.1. The van der Waals surface area contributed by atoms with Crippen molar-refractivity contribution in [2.24, 2.45) is 7.05 Å². The molecule has 3 heterocycles. The molecule has 3 aromatic rings. The molecule has 6 heteroatoms. The number of imidazole rings is 1. The Labute approximate surface area is 140 Å². The standard InChI is InChI=1S/C18H21N5O/c1-21-10-11-23(12-15(21)17-20-8-9-22(17)2)18(24)14-5-3-4-13-6-7-19-16(13)14/h3-9,15,19H,10-12H2,1-2H3/t15-/m0/s1. The van der Waals surface area contributed by atoms with E-state index < -0.39 is 0 Å². The first-order valence-corrected chi connectivity index (χ1v) is 8.18. The minimum Gasteiger partial charge on any atom is -0.361 e. The summed E-state index contributed by atoms with van der Waals surface area (Å²) < 4.78 is 2.03. The zero-order chi connectivity index (χ0) is 16.7. The molecule has 1 amide bonds. The van der Waals surface area contributed by atoms with Crippen LogP contribution in [0.4, 0.5) is 0 Å². The Bertz CT molecular complexity index is 880. The first-order valence-electron chi connectivity index (χ1n) is 8.18. The highest BCUT2D eigenvalue weighted by molar-refractivity contribution is 6.05. The fourth-order valence-corrected chi connectivity index (χ4v) is 3.47. The monoisotopic (exact) mass is 323 g/mol. The molecule has 0 unspecified atom stereocenters. The van der Waals surface area contributed by atoms with Gasteiger partial charge in [-0.15, -0.1) is 0 Å². The summed E-state index contributed by atoms with van der Waals surface area (Å²) in [6.45, 7) is 2.22. The Morgan fingerprint density at radius 2 is 2.12 bits per heavy atom. The van der Waals surface area contributed by atoms with Crippen LogP contribution in [0.3, 0.4) is 0 Å². The molecule has 4 rings (SSSR count). The van der Waals surface area contributed by atoms with E-state index in [2.05, 4.69) is 21.9 Å². The molecule has 0 saturated carbocycles. The average Bonchev–Trinajstić information content (AvgIpc) is 3.23. The molecule has 1 saturated heterocycles. The number of para-hydroxylation sites is 1. The lowest BCUT2D eigenvalue weighted by Crippen LogP contribution is -2.49. The third-order valence-corrected chi connectivity index (χ3v) is 4.91. The molecule has 2 aromatic heterocycles. The number of rotatable bonds is 2. The van der Waals surface area contributed by atoms with Crippen molar-refractivity contribution in [3.8, 4) is 0 Å². The molecule has 0 spiro atoms. The molecule has 0 radical (unpaired) electrons. The molecular weight excluding hydrogens is 302 g/mol. The van der Waals surface area contributed by atoms with E-state index >= 15 is 0 Å². The van der Waals surface area contributed by atoms with Gasteiger partial charge in [0, 0.05) is 50.7 Å². The molecule has 6 nitrogen and oxygen atoms in total. The minimum atomic E-state index is 0.0790. The third-order valence-electron chi connectivity index (χ3n) is 4.91. The van der Waals surface area contributed by atoms with Gasteiger partial charge in [0.15, 0.2) is 0 Å². The van der Waals surface area contributed by atoms with Crippen LogP contribution in [0.15, 0.2) is 42.9 Å². The highest BCUT2D eigenvalue weighted by Crippen LogP contribution is 2.25. The van der Waals surface area contributed by atoms with Crippen LogP contribution in [-0.4, -0.2) is 56.9 Å². The van der Waals surface area contributed by atoms with Crippen molar-refractivity contribution in [1.82, 2.24) is 24.3 Å². The topological polar surface area (TPSA) is 57.2 Å². The van der Waals surface area contributed by atoms with Gasteiger partial charge >= 0.3 is 0 Å². The maximum atomic E-state index is 13.1. The van der Waals surface area contributed by atoms with Gasteiger partial charge in [0.1, 0.15) is 5.82 Å². The lowest BCUT2D eigenvalue weighted by atomic mass is 10.1. The average molecular weight is 323 g/mol. The molecule has 1 N–H and O–H groups in total. The number of fused-ring (bicyclic) bond motifs is 1. The fourth-order valence-electron chi connectivity index (χ4n) is 3.47. The number of aryl methyl sites for hydroxylation is 1. The van der Waals surface area contributed by atoms with Crippen molar-refractivity contribution in [2.45, 2.75) is 6.04 Å². The fraction of sp³-hybridized carbons (Fsp3) is 0.333. The van der Waals surface area contributed by atoms with Gasteiger partial charge in [0.25, 0.3) is 5.91 Å². The van der Waals surface area contributed by atoms with Crippen LogP contribution in [0.2, 0.25) is 0 Å². The summed E-state index contributed by atoms with van der Waals surface area (Å²) in [5.41, 5.74) is 1.65. The summed E-state index contributed by atoms with van der Waals surface area (Å²) >= 11 is 0. The lowest BCUT2D eigenvalue weighted by molar-refractivity contribution is 0.0530. The van der Waals surface area contributed by atoms with Gasteiger partial charge < -0.3 is 14.5 Å². The zero-order valence-electron chi connectivity index (χ0n) is 13.9. The summed E-state index contributed by atoms with van der Waals surface area (Å²) in [6, 6.07) is 7.96. The summed E-state index contributed by atoms with van der Waals surface area (Å²) in [7, 11) is 4.09. The number of carbonyl (C=O) groups is 1. The van der Waals surface area contributed by atoms with Crippen LogP contribution in [0.5, 0.6) is 0 Å². The Morgan fingerprint density at radius 1 is 1.25 bits per heavy atom. The number of nitrogens with one attached hydrogen (secondary N) is 1. The molecule has 0 aliphatic carbocycles. The molecule has 124 valence electrons. The highest BCUT2D eigenvalue weighted by atomic mass is 16.2. The van der Waals surface area contributed by atoms with Crippen LogP contribution >= 0.6 is 0 Å². The van der Waals surface area contributed by atoms with Crippen LogP contribution in [0, 0.1) is 0 Å². The van der Waals surface area contributed by atoms with Gasteiger partial charge in [-0.3, -0.25) is 9.69 Å². The summed E-state index contributed by atoms with van der Waals surface area (Å²) in [5, 5.41) is 1.07. The number of nitrogens with zero attached hydrogens (tertiary/aromatic N) is 4. The van der Waals surface area contributed by atoms with Crippen molar-refractivity contribution in [3.05, 3.63) is 54.2 Å². The Morgan fingerprint density at radius 3 is 2.92 bits per heavy atom.